The second-order valence-electron chi connectivity index (χ2n) is 5.07. The monoisotopic (exact) mass is 380 g/mol. The quantitative estimate of drug-likeness (QED) is 0.594. The Morgan fingerprint density at radius 1 is 0.957 bits per heavy atom. The molecule has 0 saturated heterocycles. The highest BCUT2D eigenvalue weighted by Crippen LogP contribution is 2.28. The summed E-state index contributed by atoms with van der Waals surface area (Å²) in [4.78, 5) is 0. The maximum Gasteiger partial charge on any atom is 0.394 e. The lowest BCUT2D eigenvalue weighted by Gasteiger charge is -2.07. The molecule has 0 amide bonds. The van der Waals surface area contributed by atoms with Crippen LogP contribution >= 0.6 is 15.9 Å². The molecule has 1 heterocycles. The van der Waals surface area contributed by atoms with Gasteiger partial charge in [-0.05, 0) is 30.3 Å². The van der Waals surface area contributed by atoms with E-state index in [0.29, 0.717) is 11.4 Å². The molecule has 118 valence electrons. The number of hydrogen-bond acceptors (Lipinski definition) is 1. The first-order valence-corrected chi connectivity index (χ1v) is 7.69. The van der Waals surface area contributed by atoms with Crippen molar-refractivity contribution >= 4 is 15.9 Å². The van der Waals surface area contributed by atoms with Crippen LogP contribution in [-0.2, 0) is 6.42 Å². The molecule has 0 N–H and O–H groups in total. The van der Waals surface area contributed by atoms with E-state index in [1.165, 1.54) is 6.07 Å². The Balaban J connectivity index is 2.10. The van der Waals surface area contributed by atoms with Crippen LogP contribution in [0.5, 0.6) is 0 Å². The summed E-state index contributed by atoms with van der Waals surface area (Å²) in [5.41, 5.74) is 2.16. The summed E-state index contributed by atoms with van der Waals surface area (Å²) in [5.74, 6) is 0. The molecule has 0 bridgehead atoms. The van der Waals surface area contributed by atoms with Crippen molar-refractivity contribution in [2.45, 2.75) is 12.6 Å². The van der Waals surface area contributed by atoms with E-state index in [0.717, 1.165) is 10.0 Å². The van der Waals surface area contributed by atoms with Crippen molar-refractivity contribution in [1.82, 2.24) is 9.78 Å². The topological polar surface area (TPSA) is 17.8 Å². The lowest BCUT2D eigenvalue weighted by molar-refractivity contribution is -0.127. The van der Waals surface area contributed by atoms with E-state index < -0.39 is 12.6 Å². The summed E-state index contributed by atoms with van der Waals surface area (Å²) in [5, 5.41) is 4.15. The van der Waals surface area contributed by atoms with Crippen LogP contribution in [-0.4, -0.2) is 16.0 Å². The zero-order valence-corrected chi connectivity index (χ0v) is 13.5. The normalized spacial score (nSPS) is 11.7. The van der Waals surface area contributed by atoms with Gasteiger partial charge in [0, 0.05) is 10.0 Å². The lowest BCUT2D eigenvalue weighted by Crippen LogP contribution is -2.12. The fraction of sp³-hybridized carbons (Fsp3) is 0.118. The molecule has 23 heavy (non-hydrogen) atoms. The van der Waals surface area contributed by atoms with Crippen LogP contribution in [0.15, 0.2) is 65.1 Å². The highest BCUT2D eigenvalue weighted by atomic mass is 79.9. The van der Waals surface area contributed by atoms with Gasteiger partial charge in [0.1, 0.15) is 0 Å². The van der Waals surface area contributed by atoms with E-state index in [1.807, 2.05) is 42.5 Å². The number of alkyl halides is 3. The fourth-order valence-electron chi connectivity index (χ4n) is 2.32. The molecule has 2 aromatic carbocycles. The van der Waals surface area contributed by atoms with Crippen LogP contribution < -0.4 is 0 Å². The number of rotatable bonds is 3. The Labute approximate surface area is 139 Å². The molecule has 0 spiro atoms. The van der Waals surface area contributed by atoms with Crippen LogP contribution in [0.2, 0.25) is 0 Å². The molecule has 0 atom stereocenters. The summed E-state index contributed by atoms with van der Waals surface area (Å²) in [6.07, 6.45) is -5.33. The third kappa shape index (κ3) is 3.82. The van der Waals surface area contributed by atoms with Crippen molar-refractivity contribution in [2.24, 2.45) is 0 Å². The van der Waals surface area contributed by atoms with Gasteiger partial charge in [-0.1, -0.05) is 46.3 Å². The highest BCUT2D eigenvalue weighted by Gasteiger charge is 2.29. The van der Waals surface area contributed by atoms with Gasteiger partial charge in [0.05, 0.1) is 23.5 Å². The van der Waals surface area contributed by atoms with Gasteiger partial charge in [0.15, 0.2) is 0 Å². The number of nitrogens with zero attached hydrogens (tertiary/aromatic N) is 2. The van der Waals surface area contributed by atoms with E-state index in [4.69, 9.17) is 0 Å². The van der Waals surface area contributed by atoms with Crippen LogP contribution in [0, 0.1) is 0 Å². The Bertz CT molecular complexity index is 793. The molecule has 3 rings (SSSR count). The maximum absolute atomic E-state index is 12.7. The molecule has 0 saturated carbocycles. The average Bonchev–Trinajstić information content (AvgIpc) is 2.90. The highest BCUT2D eigenvalue weighted by molar-refractivity contribution is 9.10. The summed E-state index contributed by atoms with van der Waals surface area (Å²) >= 11 is 3.35. The zero-order chi connectivity index (χ0) is 16.4. The summed E-state index contributed by atoms with van der Waals surface area (Å²) in [6.45, 7) is 0. The molecular weight excluding hydrogens is 369 g/mol. The molecule has 0 aliphatic carbocycles. The van der Waals surface area contributed by atoms with Gasteiger partial charge in [0.2, 0.25) is 0 Å². The van der Waals surface area contributed by atoms with Crippen molar-refractivity contribution in [1.29, 1.82) is 0 Å². The van der Waals surface area contributed by atoms with Crippen LogP contribution in [0.3, 0.4) is 0 Å². The molecular formula is C17H12BrF3N2. The minimum Gasteiger partial charge on any atom is -0.233 e. The first-order valence-electron chi connectivity index (χ1n) is 6.89. The van der Waals surface area contributed by atoms with Crippen LogP contribution in [0.1, 0.15) is 5.69 Å². The average molecular weight is 381 g/mol. The number of halogens is 4. The molecule has 2 nitrogen and oxygen atoms in total. The van der Waals surface area contributed by atoms with Crippen LogP contribution in [0.4, 0.5) is 13.2 Å². The minimum absolute atomic E-state index is 0.000674. The number of benzene rings is 2. The summed E-state index contributed by atoms with van der Waals surface area (Å²) < 4.78 is 40.5. The molecule has 0 unspecified atom stereocenters. The molecule has 0 aliphatic rings. The van der Waals surface area contributed by atoms with Crippen molar-refractivity contribution < 1.29 is 13.2 Å². The Morgan fingerprint density at radius 2 is 1.61 bits per heavy atom. The Morgan fingerprint density at radius 3 is 2.22 bits per heavy atom. The third-order valence-corrected chi connectivity index (χ3v) is 3.81. The molecule has 0 fully saturated rings. The van der Waals surface area contributed by atoms with E-state index in [2.05, 4.69) is 21.0 Å². The van der Waals surface area contributed by atoms with Gasteiger partial charge in [-0.25, -0.2) is 4.68 Å². The predicted molar refractivity (Wildman–Crippen MR) is 86.5 cm³/mol. The van der Waals surface area contributed by atoms with E-state index in [-0.39, 0.29) is 5.69 Å². The third-order valence-electron chi connectivity index (χ3n) is 3.28. The molecule has 0 aliphatic heterocycles. The summed E-state index contributed by atoms with van der Waals surface area (Å²) in [7, 11) is 0. The van der Waals surface area contributed by atoms with Gasteiger partial charge in [-0.15, -0.1) is 0 Å². The standard InChI is InChI=1S/C17H12BrF3N2/c18-13-6-8-15(9-7-13)23-16(12-4-2-1-3-5-12)10-14(22-23)11-17(19,20)21/h1-10H,11H2. The Hall–Kier alpha value is -2.08. The van der Waals surface area contributed by atoms with Crippen molar-refractivity contribution in [3.05, 3.63) is 70.8 Å². The second kappa shape index (κ2) is 6.20. The van der Waals surface area contributed by atoms with E-state index in [1.54, 1.807) is 16.8 Å². The SMILES string of the molecule is FC(F)(F)Cc1cc(-c2ccccc2)n(-c2ccc(Br)cc2)n1. The van der Waals surface area contributed by atoms with Gasteiger partial charge in [-0.2, -0.15) is 18.3 Å². The van der Waals surface area contributed by atoms with Gasteiger partial charge in [0.25, 0.3) is 0 Å². The van der Waals surface area contributed by atoms with Crippen molar-refractivity contribution in [3.63, 3.8) is 0 Å². The van der Waals surface area contributed by atoms with Crippen LogP contribution in [0.25, 0.3) is 16.9 Å². The lowest BCUT2D eigenvalue weighted by atomic mass is 10.1. The first-order chi connectivity index (χ1) is 10.9. The Kier molecular flexibility index (Phi) is 4.26. The smallest absolute Gasteiger partial charge is 0.233 e. The fourth-order valence-corrected chi connectivity index (χ4v) is 2.58. The van der Waals surface area contributed by atoms with E-state index >= 15 is 0 Å². The largest absolute Gasteiger partial charge is 0.394 e. The van der Waals surface area contributed by atoms with Gasteiger partial charge in [-0.3, -0.25) is 0 Å². The minimum atomic E-state index is -4.28. The van der Waals surface area contributed by atoms with Crippen molar-refractivity contribution in [3.8, 4) is 16.9 Å². The van der Waals surface area contributed by atoms with Gasteiger partial charge < -0.3 is 0 Å². The predicted octanol–water partition coefficient (Wildman–Crippen LogP) is 5.41. The first kappa shape index (κ1) is 15.8. The van der Waals surface area contributed by atoms with Crippen molar-refractivity contribution in [2.75, 3.05) is 0 Å². The maximum atomic E-state index is 12.7. The zero-order valence-electron chi connectivity index (χ0n) is 11.9. The molecule has 0 radical (unpaired) electrons. The number of aromatic nitrogens is 2. The van der Waals surface area contributed by atoms with E-state index in [9.17, 15) is 13.2 Å². The molecule has 1 aromatic heterocycles. The molecule has 3 aromatic rings. The molecule has 6 heteroatoms. The number of hydrogen-bond donors (Lipinski definition) is 0. The summed E-state index contributed by atoms with van der Waals surface area (Å²) in [6, 6.07) is 18.0. The van der Waals surface area contributed by atoms with Gasteiger partial charge >= 0.3 is 6.18 Å². The second-order valence-corrected chi connectivity index (χ2v) is 5.98.